The van der Waals surface area contributed by atoms with E-state index in [4.69, 9.17) is 32.7 Å². The standard InChI is InChI=1S/C14H16Cl2O10/c1-5(17)23-9(11(13(15)21)25-7(3)19)10(24-6(2)18)12(14(16)22)26-8(4)20/h9-12H,1-4H3/t9-,10+,11+,12-. The molecule has 0 radical (unpaired) electrons. The zero-order valence-corrected chi connectivity index (χ0v) is 15.7. The largest absolute Gasteiger partial charge is 0.454 e. The quantitative estimate of drug-likeness (QED) is 0.292. The molecule has 12 heteroatoms. The predicted octanol–water partition coefficient (Wildman–Crippen LogP) is 0.244. The van der Waals surface area contributed by atoms with Crippen molar-refractivity contribution in [3.05, 3.63) is 0 Å². The Hall–Kier alpha value is -2.20. The molecule has 0 heterocycles. The summed E-state index contributed by atoms with van der Waals surface area (Å²) in [6.07, 6.45) is -7.79. The van der Waals surface area contributed by atoms with Gasteiger partial charge >= 0.3 is 23.9 Å². The molecule has 0 aromatic carbocycles. The summed E-state index contributed by atoms with van der Waals surface area (Å²) < 4.78 is 19.1. The summed E-state index contributed by atoms with van der Waals surface area (Å²) in [5.41, 5.74) is 0. The number of carbonyl (C=O) groups excluding carboxylic acids is 6. The van der Waals surface area contributed by atoms with Crippen LogP contribution >= 0.6 is 23.2 Å². The molecule has 10 nitrogen and oxygen atoms in total. The Kier molecular flexibility index (Phi) is 9.81. The number of hydrogen-bond acceptors (Lipinski definition) is 10. The highest BCUT2D eigenvalue weighted by Gasteiger charge is 2.48. The predicted molar refractivity (Wildman–Crippen MR) is 83.9 cm³/mol. The van der Waals surface area contributed by atoms with Crippen LogP contribution in [0.1, 0.15) is 27.7 Å². The van der Waals surface area contributed by atoms with Crippen LogP contribution in [0, 0.1) is 0 Å². The number of esters is 4. The van der Waals surface area contributed by atoms with E-state index >= 15 is 0 Å². The van der Waals surface area contributed by atoms with Crippen LogP contribution in [-0.4, -0.2) is 58.8 Å². The molecule has 0 unspecified atom stereocenters. The van der Waals surface area contributed by atoms with Gasteiger partial charge in [0.1, 0.15) is 0 Å². The molecule has 0 saturated heterocycles. The second-order valence-electron chi connectivity index (χ2n) is 4.82. The smallest absolute Gasteiger partial charge is 0.303 e. The highest BCUT2D eigenvalue weighted by molar-refractivity contribution is 6.65. The summed E-state index contributed by atoms with van der Waals surface area (Å²) in [5.74, 6) is -4.01. The van der Waals surface area contributed by atoms with E-state index in [2.05, 4.69) is 9.47 Å². The lowest BCUT2D eigenvalue weighted by atomic mass is 10.0. The first-order valence-electron chi connectivity index (χ1n) is 6.94. The van der Waals surface area contributed by atoms with Gasteiger partial charge in [0.25, 0.3) is 10.5 Å². The number of halogens is 2. The zero-order chi connectivity index (χ0) is 20.6. The van der Waals surface area contributed by atoms with E-state index in [9.17, 15) is 28.8 Å². The lowest BCUT2D eigenvalue weighted by Gasteiger charge is -2.32. The van der Waals surface area contributed by atoms with Gasteiger partial charge < -0.3 is 18.9 Å². The molecule has 0 N–H and O–H groups in total. The summed E-state index contributed by atoms with van der Waals surface area (Å²) in [6, 6.07) is 0. The van der Waals surface area contributed by atoms with Crippen molar-refractivity contribution in [3.8, 4) is 0 Å². The van der Waals surface area contributed by atoms with Crippen LogP contribution in [0.15, 0.2) is 0 Å². The van der Waals surface area contributed by atoms with E-state index in [-0.39, 0.29) is 0 Å². The fourth-order valence-corrected chi connectivity index (χ4v) is 2.17. The zero-order valence-electron chi connectivity index (χ0n) is 14.1. The lowest BCUT2D eigenvalue weighted by molar-refractivity contribution is -0.196. The van der Waals surface area contributed by atoms with Crippen molar-refractivity contribution in [2.75, 3.05) is 0 Å². The van der Waals surface area contributed by atoms with Gasteiger partial charge in [-0.3, -0.25) is 28.8 Å². The second-order valence-corrected chi connectivity index (χ2v) is 5.56. The van der Waals surface area contributed by atoms with Crippen molar-refractivity contribution in [1.29, 1.82) is 0 Å². The molecule has 0 aromatic heterocycles. The van der Waals surface area contributed by atoms with E-state index in [1.54, 1.807) is 0 Å². The van der Waals surface area contributed by atoms with Gasteiger partial charge in [-0.15, -0.1) is 0 Å². The molecule has 0 rings (SSSR count). The molecule has 4 atom stereocenters. The summed E-state index contributed by atoms with van der Waals surface area (Å²) in [5, 5.41) is -2.63. The van der Waals surface area contributed by atoms with Gasteiger partial charge in [-0.25, -0.2) is 0 Å². The molecule has 146 valence electrons. The molecule has 26 heavy (non-hydrogen) atoms. The number of ether oxygens (including phenoxy) is 4. The van der Waals surface area contributed by atoms with Crippen LogP contribution in [0.5, 0.6) is 0 Å². The third kappa shape index (κ3) is 8.26. The average molecular weight is 415 g/mol. The minimum absolute atomic E-state index is 0.921. The molecule has 0 aliphatic rings. The summed E-state index contributed by atoms with van der Waals surface area (Å²) in [7, 11) is 0. The van der Waals surface area contributed by atoms with E-state index in [0.717, 1.165) is 27.7 Å². The van der Waals surface area contributed by atoms with Crippen LogP contribution in [-0.2, 0) is 47.7 Å². The van der Waals surface area contributed by atoms with E-state index in [1.165, 1.54) is 0 Å². The fourth-order valence-electron chi connectivity index (χ4n) is 1.83. The van der Waals surface area contributed by atoms with Crippen molar-refractivity contribution < 1.29 is 47.7 Å². The minimum Gasteiger partial charge on any atom is -0.454 e. The molecule has 0 aromatic rings. The highest BCUT2D eigenvalue weighted by Crippen LogP contribution is 2.22. The monoisotopic (exact) mass is 414 g/mol. The van der Waals surface area contributed by atoms with Crippen molar-refractivity contribution in [3.63, 3.8) is 0 Å². The first kappa shape index (κ1) is 23.8. The minimum atomic E-state index is -1.98. The van der Waals surface area contributed by atoms with Gasteiger partial charge in [0.15, 0.2) is 12.2 Å². The number of hydrogen-bond donors (Lipinski definition) is 0. The molecule has 0 spiro atoms. The van der Waals surface area contributed by atoms with Crippen LogP contribution in [0.4, 0.5) is 0 Å². The van der Waals surface area contributed by atoms with Gasteiger partial charge in [0.2, 0.25) is 12.2 Å². The molecule has 0 bridgehead atoms. The summed E-state index contributed by atoms with van der Waals surface area (Å²) >= 11 is 10.7. The Labute approximate surface area is 158 Å². The van der Waals surface area contributed by atoms with Crippen LogP contribution in [0.2, 0.25) is 0 Å². The Bertz CT molecular complexity index is 551. The molecular weight excluding hydrogens is 399 g/mol. The summed E-state index contributed by atoms with van der Waals surface area (Å²) in [4.78, 5) is 68.5. The van der Waals surface area contributed by atoms with E-state index < -0.39 is 58.8 Å². The van der Waals surface area contributed by atoms with E-state index in [1.807, 2.05) is 0 Å². The third-order valence-electron chi connectivity index (χ3n) is 2.56. The van der Waals surface area contributed by atoms with Crippen molar-refractivity contribution in [1.82, 2.24) is 0 Å². The van der Waals surface area contributed by atoms with Gasteiger partial charge in [0, 0.05) is 27.7 Å². The van der Waals surface area contributed by atoms with Crippen molar-refractivity contribution in [2.45, 2.75) is 52.1 Å². The molecule has 0 aliphatic heterocycles. The Morgan fingerprint density at radius 3 is 0.923 bits per heavy atom. The maximum absolute atomic E-state index is 11.6. The number of carbonyl (C=O) groups is 6. The molecular formula is C14H16Cl2O10. The van der Waals surface area contributed by atoms with Gasteiger partial charge in [0.05, 0.1) is 0 Å². The van der Waals surface area contributed by atoms with Gasteiger partial charge in [-0.05, 0) is 23.2 Å². The van der Waals surface area contributed by atoms with E-state index in [0.29, 0.717) is 0 Å². The Balaban J connectivity index is 6.20. The van der Waals surface area contributed by atoms with Crippen LogP contribution in [0.3, 0.4) is 0 Å². The SMILES string of the molecule is CC(=O)O[C@H]([C@H](OC(C)=O)[C@@H](OC(C)=O)C(=O)Cl)[C@H](OC(C)=O)C(=O)Cl. The Morgan fingerprint density at radius 2 is 0.769 bits per heavy atom. The van der Waals surface area contributed by atoms with Crippen molar-refractivity contribution >= 4 is 57.6 Å². The highest BCUT2D eigenvalue weighted by atomic mass is 35.5. The van der Waals surface area contributed by atoms with Crippen LogP contribution in [0.25, 0.3) is 0 Å². The number of rotatable bonds is 9. The average Bonchev–Trinajstić information content (AvgIpc) is 2.44. The molecule has 0 amide bonds. The summed E-state index contributed by atoms with van der Waals surface area (Å²) in [6.45, 7) is 3.69. The van der Waals surface area contributed by atoms with Crippen molar-refractivity contribution in [2.24, 2.45) is 0 Å². The maximum Gasteiger partial charge on any atom is 0.303 e. The Morgan fingerprint density at radius 1 is 0.538 bits per heavy atom. The first-order valence-corrected chi connectivity index (χ1v) is 7.70. The lowest BCUT2D eigenvalue weighted by Crippen LogP contribution is -2.54. The van der Waals surface area contributed by atoms with Gasteiger partial charge in [-0.1, -0.05) is 0 Å². The third-order valence-corrected chi connectivity index (χ3v) is 2.99. The topological polar surface area (TPSA) is 139 Å². The normalized spacial score (nSPS) is 14.8. The van der Waals surface area contributed by atoms with Crippen LogP contribution < -0.4 is 0 Å². The molecule has 0 fully saturated rings. The maximum atomic E-state index is 11.6. The molecule has 0 saturated carbocycles. The molecule has 0 aliphatic carbocycles. The first-order chi connectivity index (χ1) is 11.9. The fraction of sp³-hybridized carbons (Fsp3) is 0.571. The van der Waals surface area contributed by atoms with Gasteiger partial charge in [-0.2, -0.15) is 0 Å². The second kappa shape index (κ2) is 10.7.